The summed E-state index contributed by atoms with van der Waals surface area (Å²) in [5.41, 5.74) is 2.08. The van der Waals surface area contributed by atoms with Crippen molar-refractivity contribution in [3.05, 3.63) is 59.4 Å². The number of ether oxygens (including phenoxy) is 1. The first-order chi connectivity index (χ1) is 11.7. The van der Waals surface area contributed by atoms with Gasteiger partial charge in [0.15, 0.2) is 5.11 Å². The van der Waals surface area contributed by atoms with Crippen LogP contribution in [0.5, 0.6) is 0 Å². The maximum Gasteiger partial charge on any atom is 0.170 e. The quantitative estimate of drug-likeness (QED) is 0.812. The number of hydrogen-bond donors (Lipinski definition) is 2. The van der Waals surface area contributed by atoms with E-state index in [1.807, 2.05) is 30.3 Å². The summed E-state index contributed by atoms with van der Waals surface area (Å²) in [6, 6.07) is 11.9. The van der Waals surface area contributed by atoms with Crippen LogP contribution in [0.1, 0.15) is 18.4 Å². The number of hydrogen-bond acceptors (Lipinski definition) is 3. The molecule has 2 heterocycles. The summed E-state index contributed by atoms with van der Waals surface area (Å²) in [6.45, 7) is 2.23. The van der Waals surface area contributed by atoms with Gasteiger partial charge in [0.2, 0.25) is 0 Å². The Hall–Kier alpha value is -1.69. The topological polar surface area (TPSA) is 46.2 Å². The summed E-state index contributed by atoms with van der Waals surface area (Å²) in [5, 5.41) is 7.87. The van der Waals surface area contributed by atoms with Crippen molar-refractivity contribution in [1.29, 1.82) is 0 Å². The minimum absolute atomic E-state index is 0.0240. The van der Waals surface area contributed by atoms with E-state index in [4.69, 9.17) is 28.6 Å². The molecule has 3 rings (SSSR count). The number of nitrogens with one attached hydrogen (secondary N) is 2. The van der Waals surface area contributed by atoms with Crippen LogP contribution >= 0.6 is 23.8 Å². The normalized spacial score (nSPS) is 16.4. The fourth-order valence-corrected chi connectivity index (χ4v) is 3.39. The molecule has 0 radical (unpaired) electrons. The monoisotopic (exact) mass is 361 g/mol. The molecule has 0 atom stereocenters. The second kappa shape index (κ2) is 7.92. The number of rotatable bonds is 4. The van der Waals surface area contributed by atoms with Crippen molar-refractivity contribution in [1.82, 2.24) is 10.3 Å². The van der Waals surface area contributed by atoms with E-state index in [1.54, 1.807) is 12.4 Å². The van der Waals surface area contributed by atoms with E-state index in [1.165, 1.54) is 5.56 Å². The van der Waals surface area contributed by atoms with Crippen LogP contribution in [0.25, 0.3) is 0 Å². The molecule has 1 fully saturated rings. The smallest absolute Gasteiger partial charge is 0.170 e. The van der Waals surface area contributed by atoms with Gasteiger partial charge in [0.25, 0.3) is 0 Å². The molecule has 0 aliphatic carbocycles. The van der Waals surface area contributed by atoms with Gasteiger partial charge in [0.1, 0.15) is 0 Å². The molecule has 0 spiro atoms. The average molecular weight is 362 g/mol. The first kappa shape index (κ1) is 17.1. The third kappa shape index (κ3) is 4.23. The highest BCUT2D eigenvalue weighted by Gasteiger charge is 2.34. The van der Waals surface area contributed by atoms with Crippen molar-refractivity contribution in [2.75, 3.05) is 25.1 Å². The highest BCUT2D eigenvalue weighted by molar-refractivity contribution is 7.80. The largest absolute Gasteiger partial charge is 0.381 e. The van der Waals surface area contributed by atoms with E-state index in [9.17, 15) is 0 Å². The fourth-order valence-electron chi connectivity index (χ4n) is 3.01. The lowest BCUT2D eigenvalue weighted by atomic mass is 9.74. The molecular weight excluding hydrogens is 342 g/mol. The van der Waals surface area contributed by atoms with Gasteiger partial charge in [-0.3, -0.25) is 4.98 Å². The predicted octanol–water partition coefficient (Wildman–Crippen LogP) is 3.77. The highest BCUT2D eigenvalue weighted by Crippen LogP contribution is 2.35. The van der Waals surface area contributed by atoms with Gasteiger partial charge in [0, 0.05) is 36.4 Å². The van der Waals surface area contributed by atoms with Crippen LogP contribution in [0.2, 0.25) is 5.02 Å². The number of thiocarbonyl (C=S) groups is 1. The molecule has 1 aliphatic rings. The second-order valence-corrected chi connectivity index (χ2v) is 6.80. The van der Waals surface area contributed by atoms with Gasteiger partial charge in [-0.1, -0.05) is 23.7 Å². The lowest BCUT2D eigenvalue weighted by Crippen LogP contribution is -2.45. The number of halogens is 1. The maximum atomic E-state index is 6.20. The van der Waals surface area contributed by atoms with E-state index in [-0.39, 0.29) is 5.41 Å². The maximum absolute atomic E-state index is 6.20. The van der Waals surface area contributed by atoms with Crippen molar-refractivity contribution in [3.8, 4) is 0 Å². The Morgan fingerprint density at radius 3 is 2.79 bits per heavy atom. The van der Waals surface area contributed by atoms with Gasteiger partial charge < -0.3 is 15.4 Å². The van der Waals surface area contributed by atoms with Crippen LogP contribution in [0, 0.1) is 0 Å². The molecule has 1 saturated heterocycles. The summed E-state index contributed by atoms with van der Waals surface area (Å²) < 4.78 is 5.56. The molecular formula is C18H20ClN3OS. The van der Waals surface area contributed by atoms with Crippen molar-refractivity contribution < 1.29 is 4.74 Å². The molecule has 0 saturated carbocycles. The van der Waals surface area contributed by atoms with Crippen molar-refractivity contribution in [3.63, 3.8) is 0 Å². The number of aromatic nitrogens is 1. The van der Waals surface area contributed by atoms with Crippen molar-refractivity contribution in [2.45, 2.75) is 18.3 Å². The lowest BCUT2D eigenvalue weighted by molar-refractivity contribution is 0.0515. The molecule has 24 heavy (non-hydrogen) atoms. The zero-order valence-corrected chi connectivity index (χ0v) is 14.9. The van der Waals surface area contributed by atoms with E-state index in [0.717, 1.165) is 43.3 Å². The molecule has 2 aromatic rings. The molecule has 1 aliphatic heterocycles. The summed E-state index contributed by atoms with van der Waals surface area (Å²) >= 11 is 11.6. The van der Waals surface area contributed by atoms with Gasteiger partial charge in [-0.15, -0.1) is 0 Å². The van der Waals surface area contributed by atoms with Crippen LogP contribution in [-0.2, 0) is 10.2 Å². The lowest BCUT2D eigenvalue weighted by Gasteiger charge is -2.38. The second-order valence-electron chi connectivity index (χ2n) is 5.95. The van der Waals surface area contributed by atoms with Crippen molar-refractivity contribution >= 4 is 34.6 Å². The first-order valence-corrected chi connectivity index (χ1v) is 8.75. The van der Waals surface area contributed by atoms with Gasteiger partial charge in [-0.2, -0.15) is 0 Å². The minimum atomic E-state index is -0.0240. The number of anilines is 1. The Bertz CT molecular complexity index is 690. The minimum Gasteiger partial charge on any atom is -0.381 e. The molecule has 0 unspecified atom stereocenters. The molecule has 6 heteroatoms. The van der Waals surface area contributed by atoms with Crippen LogP contribution < -0.4 is 10.6 Å². The molecule has 1 aromatic carbocycles. The zero-order chi connectivity index (χ0) is 16.8. The highest BCUT2D eigenvalue weighted by atomic mass is 35.5. The van der Waals surface area contributed by atoms with E-state index >= 15 is 0 Å². The Balaban J connectivity index is 1.70. The van der Waals surface area contributed by atoms with E-state index < -0.39 is 0 Å². The van der Waals surface area contributed by atoms with Crippen LogP contribution in [0.3, 0.4) is 0 Å². The average Bonchev–Trinajstić information content (AvgIpc) is 2.62. The summed E-state index contributed by atoms with van der Waals surface area (Å²) in [4.78, 5) is 4.08. The first-order valence-electron chi connectivity index (χ1n) is 7.97. The summed E-state index contributed by atoms with van der Waals surface area (Å²) in [6.07, 6.45) is 5.36. The van der Waals surface area contributed by atoms with Crippen LogP contribution in [-0.4, -0.2) is 29.9 Å². The molecule has 2 N–H and O–H groups in total. The van der Waals surface area contributed by atoms with Crippen molar-refractivity contribution in [2.24, 2.45) is 0 Å². The summed E-state index contributed by atoms with van der Waals surface area (Å²) in [7, 11) is 0. The fraction of sp³-hybridized carbons (Fsp3) is 0.333. The SMILES string of the molecule is S=C(NCC1(c2cccc(Cl)c2)CCOCC1)Nc1cccnc1. The molecule has 126 valence electrons. The molecule has 4 nitrogen and oxygen atoms in total. The van der Waals surface area contributed by atoms with E-state index in [2.05, 4.69) is 21.7 Å². The Morgan fingerprint density at radius 1 is 1.25 bits per heavy atom. The predicted molar refractivity (Wildman–Crippen MR) is 102 cm³/mol. The molecule has 0 amide bonds. The third-order valence-corrected chi connectivity index (χ3v) is 4.88. The van der Waals surface area contributed by atoms with E-state index in [0.29, 0.717) is 5.11 Å². The van der Waals surface area contributed by atoms with Crippen LogP contribution in [0.4, 0.5) is 5.69 Å². The number of pyridine rings is 1. The summed E-state index contributed by atoms with van der Waals surface area (Å²) in [5.74, 6) is 0. The van der Waals surface area contributed by atoms with Gasteiger partial charge >= 0.3 is 0 Å². The van der Waals surface area contributed by atoms with Gasteiger partial charge in [-0.25, -0.2) is 0 Å². The Labute approximate surface area is 152 Å². The van der Waals surface area contributed by atoms with Gasteiger partial charge in [-0.05, 0) is 54.9 Å². The number of nitrogens with zero attached hydrogens (tertiary/aromatic N) is 1. The van der Waals surface area contributed by atoms with Crippen LogP contribution in [0.15, 0.2) is 48.8 Å². The molecule has 0 bridgehead atoms. The Kier molecular flexibility index (Phi) is 5.66. The zero-order valence-electron chi connectivity index (χ0n) is 13.3. The van der Waals surface area contributed by atoms with Gasteiger partial charge in [0.05, 0.1) is 11.9 Å². The Morgan fingerprint density at radius 2 is 2.08 bits per heavy atom. The molecule has 1 aromatic heterocycles. The third-order valence-electron chi connectivity index (χ3n) is 4.39. The standard InChI is InChI=1S/C18H20ClN3OS/c19-15-4-1-3-14(11-15)18(6-9-23-10-7-18)13-21-17(24)22-16-5-2-8-20-12-16/h1-5,8,11-12H,6-7,9-10,13H2,(H2,21,22,24). The number of benzene rings is 1.